The van der Waals surface area contributed by atoms with Crippen molar-refractivity contribution < 1.29 is 9.53 Å². The summed E-state index contributed by atoms with van der Waals surface area (Å²) in [6, 6.07) is 7.19. The fourth-order valence-electron chi connectivity index (χ4n) is 1.29. The second-order valence-electron chi connectivity index (χ2n) is 3.46. The number of ether oxygens (including phenoxy) is 1. The van der Waals surface area contributed by atoms with E-state index >= 15 is 0 Å². The molecule has 3 nitrogen and oxygen atoms in total. The first kappa shape index (κ1) is 13.3. The summed E-state index contributed by atoms with van der Waals surface area (Å²) in [4.78, 5) is 11.5. The number of rotatable bonds is 4. The topological polar surface area (TPSA) is 38.3 Å². The molecule has 1 rings (SSSR count). The third kappa shape index (κ3) is 4.71. The summed E-state index contributed by atoms with van der Waals surface area (Å²) in [7, 11) is 1.89. The van der Waals surface area contributed by atoms with Crippen molar-refractivity contribution in [2.24, 2.45) is 0 Å². The van der Waals surface area contributed by atoms with Crippen molar-refractivity contribution in [2.75, 3.05) is 20.2 Å². The lowest BCUT2D eigenvalue weighted by Gasteiger charge is -2.01. The molecule has 0 bridgehead atoms. The van der Waals surface area contributed by atoms with Crippen LogP contribution in [0, 0.1) is 11.8 Å². The Morgan fingerprint density at radius 2 is 2.29 bits per heavy atom. The van der Waals surface area contributed by atoms with Crippen LogP contribution in [0.15, 0.2) is 24.3 Å². The van der Waals surface area contributed by atoms with Gasteiger partial charge in [-0.1, -0.05) is 17.9 Å². The van der Waals surface area contributed by atoms with Crippen molar-refractivity contribution in [3.8, 4) is 11.8 Å². The van der Waals surface area contributed by atoms with E-state index in [4.69, 9.17) is 4.74 Å². The second kappa shape index (κ2) is 7.48. The maximum Gasteiger partial charge on any atom is 0.338 e. The van der Waals surface area contributed by atoms with Crippen LogP contribution in [0.1, 0.15) is 29.3 Å². The summed E-state index contributed by atoms with van der Waals surface area (Å²) in [5.74, 6) is 5.76. The molecule has 0 heterocycles. The molecule has 1 aromatic carbocycles. The van der Waals surface area contributed by atoms with Crippen LogP contribution >= 0.6 is 0 Å². The Morgan fingerprint density at radius 1 is 1.47 bits per heavy atom. The molecule has 1 N–H and O–H groups in total. The standard InChI is InChI=1S/C14H17NO2/c1-3-17-14(16)13-9-6-8-12(11-13)7-4-5-10-15-2/h6,8-9,11,15H,3,5,10H2,1-2H3. The van der Waals surface area contributed by atoms with E-state index in [0.717, 1.165) is 18.5 Å². The summed E-state index contributed by atoms with van der Waals surface area (Å²) in [6.07, 6.45) is 0.792. The summed E-state index contributed by atoms with van der Waals surface area (Å²) < 4.78 is 4.93. The van der Waals surface area contributed by atoms with Gasteiger partial charge < -0.3 is 10.1 Å². The highest BCUT2D eigenvalue weighted by Crippen LogP contribution is 2.05. The predicted octanol–water partition coefficient (Wildman–Crippen LogP) is 1.82. The number of hydrogen-bond acceptors (Lipinski definition) is 3. The lowest BCUT2D eigenvalue weighted by atomic mass is 10.1. The molecule has 0 fully saturated rings. The van der Waals surface area contributed by atoms with E-state index in [1.165, 1.54) is 0 Å². The van der Waals surface area contributed by atoms with Crippen LogP contribution in [-0.2, 0) is 4.74 Å². The van der Waals surface area contributed by atoms with Crippen molar-refractivity contribution in [3.63, 3.8) is 0 Å². The first-order valence-corrected chi connectivity index (χ1v) is 5.68. The predicted molar refractivity (Wildman–Crippen MR) is 67.8 cm³/mol. The van der Waals surface area contributed by atoms with Gasteiger partial charge in [-0.3, -0.25) is 0 Å². The van der Waals surface area contributed by atoms with E-state index in [9.17, 15) is 4.79 Å². The zero-order chi connectivity index (χ0) is 12.5. The van der Waals surface area contributed by atoms with Crippen LogP contribution in [-0.4, -0.2) is 26.2 Å². The van der Waals surface area contributed by atoms with Gasteiger partial charge in [0.15, 0.2) is 0 Å². The fraction of sp³-hybridized carbons (Fsp3) is 0.357. The minimum atomic E-state index is -0.300. The normalized spacial score (nSPS) is 9.29. The van der Waals surface area contributed by atoms with Gasteiger partial charge in [-0.15, -0.1) is 0 Å². The molecule has 0 saturated heterocycles. The molecule has 0 atom stereocenters. The smallest absolute Gasteiger partial charge is 0.338 e. The molecule has 0 aromatic heterocycles. The summed E-state index contributed by atoms with van der Waals surface area (Å²) >= 11 is 0. The van der Waals surface area contributed by atoms with Crippen LogP contribution in [0.25, 0.3) is 0 Å². The summed E-state index contributed by atoms with van der Waals surface area (Å²) in [5, 5.41) is 3.02. The quantitative estimate of drug-likeness (QED) is 0.488. The second-order valence-corrected chi connectivity index (χ2v) is 3.46. The Bertz CT molecular complexity index is 429. The van der Waals surface area contributed by atoms with E-state index in [-0.39, 0.29) is 5.97 Å². The summed E-state index contributed by atoms with van der Waals surface area (Å²) in [6.45, 7) is 3.04. The van der Waals surface area contributed by atoms with Gasteiger partial charge in [-0.05, 0) is 32.2 Å². The summed E-state index contributed by atoms with van der Waals surface area (Å²) in [5.41, 5.74) is 1.39. The molecule has 90 valence electrons. The number of carbonyl (C=O) groups excluding carboxylic acids is 1. The molecular weight excluding hydrogens is 214 g/mol. The van der Waals surface area contributed by atoms with Gasteiger partial charge in [0.1, 0.15) is 0 Å². The number of hydrogen-bond donors (Lipinski definition) is 1. The molecule has 0 unspecified atom stereocenters. The Morgan fingerprint density at radius 3 is 3.00 bits per heavy atom. The molecule has 0 amide bonds. The van der Waals surface area contributed by atoms with Crippen molar-refractivity contribution in [1.29, 1.82) is 0 Å². The van der Waals surface area contributed by atoms with Crippen LogP contribution in [0.4, 0.5) is 0 Å². The monoisotopic (exact) mass is 231 g/mol. The highest BCUT2D eigenvalue weighted by atomic mass is 16.5. The molecule has 0 spiro atoms. The average Bonchev–Trinajstić information content (AvgIpc) is 2.35. The molecule has 0 aliphatic heterocycles. The molecular formula is C14H17NO2. The Hall–Kier alpha value is -1.79. The van der Waals surface area contributed by atoms with Crippen LogP contribution in [0.5, 0.6) is 0 Å². The number of benzene rings is 1. The lowest BCUT2D eigenvalue weighted by molar-refractivity contribution is 0.0526. The molecule has 0 radical (unpaired) electrons. The average molecular weight is 231 g/mol. The number of carbonyl (C=O) groups is 1. The molecule has 1 aromatic rings. The Kier molecular flexibility index (Phi) is 5.84. The maximum atomic E-state index is 11.5. The SMILES string of the molecule is CCOC(=O)c1cccc(C#CCCNC)c1. The van der Waals surface area contributed by atoms with E-state index in [0.29, 0.717) is 12.2 Å². The highest BCUT2D eigenvalue weighted by molar-refractivity contribution is 5.89. The van der Waals surface area contributed by atoms with E-state index in [1.54, 1.807) is 19.1 Å². The molecule has 3 heteroatoms. The molecule has 0 aliphatic rings. The molecule has 0 saturated carbocycles. The van der Waals surface area contributed by atoms with Gasteiger partial charge in [0.2, 0.25) is 0 Å². The minimum Gasteiger partial charge on any atom is -0.462 e. The van der Waals surface area contributed by atoms with Crippen molar-refractivity contribution >= 4 is 5.97 Å². The van der Waals surface area contributed by atoms with Crippen molar-refractivity contribution in [1.82, 2.24) is 5.32 Å². The fourth-order valence-corrected chi connectivity index (χ4v) is 1.29. The first-order chi connectivity index (χ1) is 8.27. The van der Waals surface area contributed by atoms with Gasteiger partial charge in [0.25, 0.3) is 0 Å². The molecule has 0 aliphatic carbocycles. The first-order valence-electron chi connectivity index (χ1n) is 5.68. The highest BCUT2D eigenvalue weighted by Gasteiger charge is 2.05. The van der Waals surface area contributed by atoms with Crippen LogP contribution < -0.4 is 5.32 Å². The molecule has 17 heavy (non-hydrogen) atoms. The van der Waals surface area contributed by atoms with E-state index in [1.807, 2.05) is 19.2 Å². The van der Waals surface area contributed by atoms with E-state index < -0.39 is 0 Å². The van der Waals surface area contributed by atoms with Gasteiger partial charge in [-0.25, -0.2) is 4.79 Å². The van der Waals surface area contributed by atoms with Gasteiger partial charge in [0.05, 0.1) is 12.2 Å². The van der Waals surface area contributed by atoms with Crippen LogP contribution in [0.3, 0.4) is 0 Å². The Balaban J connectivity index is 2.71. The minimum absolute atomic E-state index is 0.300. The number of nitrogens with one attached hydrogen (secondary N) is 1. The van der Waals surface area contributed by atoms with Crippen LogP contribution in [0.2, 0.25) is 0 Å². The third-order valence-corrected chi connectivity index (χ3v) is 2.11. The maximum absolute atomic E-state index is 11.5. The van der Waals surface area contributed by atoms with Gasteiger partial charge in [-0.2, -0.15) is 0 Å². The van der Waals surface area contributed by atoms with Gasteiger partial charge >= 0.3 is 5.97 Å². The van der Waals surface area contributed by atoms with Crippen molar-refractivity contribution in [2.45, 2.75) is 13.3 Å². The third-order valence-electron chi connectivity index (χ3n) is 2.11. The zero-order valence-electron chi connectivity index (χ0n) is 10.2. The Labute approximate surface area is 102 Å². The number of esters is 1. The van der Waals surface area contributed by atoms with E-state index in [2.05, 4.69) is 17.2 Å². The van der Waals surface area contributed by atoms with Crippen molar-refractivity contribution in [3.05, 3.63) is 35.4 Å². The van der Waals surface area contributed by atoms with Gasteiger partial charge in [0, 0.05) is 18.5 Å². The largest absolute Gasteiger partial charge is 0.462 e. The lowest BCUT2D eigenvalue weighted by Crippen LogP contribution is -2.06. The zero-order valence-corrected chi connectivity index (χ0v) is 10.2.